The summed E-state index contributed by atoms with van der Waals surface area (Å²) < 4.78 is 5.09. The quantitative estimate of drug-likeness (QED) is 0.897. The second-order valence-electron chi connectivity index (χ2n) is 4.10. The van der Waals surface area contributed by atoms with Crippen LogP contribution >= 0.6 is 23.2 Å². The fourth-order valence-electron chi connectivity index (χ4n) is 1.76. The van der Waals surface area contributed by atoms with Gasteiger partial charge in [-0.05, 0) is 30.7 Å². The van der Waals surface area contributed by atoms with Gasteiger partial charge in [0.05, 0.1) is 13.2 Å². The Hall–Kier alpha value is -1.45. The fraction of sp³-hybridized carbons (Fsp3) is 0.214. The summed E-state index contributed by atoms with van der Waals surface area (Å²) >= 11 is 12.1. The van der Waals surface area contributed by atoms with E-state index in [1.165, 1.54) is 0 Å². The van der Waals surface area contributed by atoms with Crippen LogP contribution < -0.4 is 10.1 Å². The summed E-state index contributed by atoms with van der Waals surface area (Å²) in [5.41, 5.74) is 0.968. The molecule has 100 valence electrons. The first-order chi connectivity index (χ1) is 9.10. The average Bonchev–Trinajstić information content (AvgIpc) is 2.38. The zero-order chi connectivity index (χ0) is 13.8. The van der Waals surface area contributed by atoms with E-state index in [0.717, 1.165) is 11.4 Å². The number of halogens is 2. The maximum absolute atomic E-state index is 6.18. The lowest BCUT2D eigenvalue weighted by Crippen LogP contribution is -2.08. The number of anilines is 1. The van der Waals surface area contributed by atoms with Gasteiger partial charge in [0.2, 0.25) is 5.88 Å². The van der Waals surface area contributed by atoms with Crippen molar-refractivity contribution in [2.75, 3.05) is 12.4 Å². The highest BCUT2D eigenvalue weighted by Crippen LogP contribution is 2.28. The lowest BCUT2D eigenvalue weighted by molar-refractivity contribution is 0.398. The zero-order valence-electron chi connectivity index (χ0n) is 10.7. The number of methoxy groups -OCH3 is 1. The van der Waals surface area contributed by atoms with E-state index in [1.54, 1.807) is 19.2 Å². The van der Waals surface area contributed by atoms with Crippen molar-refractivity contribution in [2.24, 2.45) is 0 Å². The smallest absolute Gasteiger partial charge is 0.214 e. The van der Waals surface area contributed by atoms with Crippen LogP contribution in [-0.2, 0) is 0 Å². The molecule has 3 nitrogen and oxygen atoms in total. The van der Waals surface area contributed by atoms with Gasteiger partial charge in [-0.3, -0.25) is 0 Å². The number of pyridine rings is 1. The van der Waals surface area contributed by atoms with Crippen LogP contribution in [0, 0.1) is 0 Å². The molecular weight excluding hydrogens is 283 g/mol. The summed E-state index contributed by atoms with van der Waals surface area (Å²) in [5.74, 6) is 1.30. The van der Waals surface area contributed by atoms with Gasteiger partial charge in [0.15, 0.2) is 0 Å². The first kappa shape index (κ1) is 14.0. The molecule has 1 unspecified atom stereocenters. The average molecular weight is 297 g/mol. The number of ether oxygens (including phenoxy) is 1. The van der Waals surface area contributed by atoms with Crippen LogP contribution in [0.25, 0.3) is 0 Å². The van der Waals surface area contributed by atoms with Crippen molar-refractivity contribution < 1.29 is 4.74 Å². The third kappa shape index (κ3) is 3.52. The van der Waals surface area contributed by atoms with E-state index in [0.29, 0.717) is 15.9 Å². The molecule has 2 rings (SSSR count). The molecule has 0 aliphatic rings. The molecular formula is C14H14Cl2N2O. The Morgan fingerprint density at radius 1 is 1.21 bits per heavy atom. The Morgan fingerprint density at radius 3 is 2.68 bits per heavy atom. The van der Waals surface area contributed by atoms with Gasteiger partial charge in [0, 0.05) is 16.1 Å². The lowest BCUT2D eigenvalue weighted by Gasteiger charge is -2.16. The molecule has 0 saturated carbocycles. The van der Waals surface area contributed by atoms with Crippen molar-refractivity contribution in [1.82, 2.24) is 4.98 Å². The highest BCUT2D eigenvalue weighted by atomic mass is 35.5. The van der Waals surface area contributed by atoms with Gasteiger partial charge in [0.1, 0.15) is 5.82 Å². The molecule has 5 heteroatoms. The number of rotatable bonds is 4. The topological polar surface area (TPSA) is 34.1 Å². The molecule has 1 heterocycles. The van der Waals surface area contributed by atoms with Gasteiger partial charge in [0.25, 0.3) is 0 Å². The van der Waals surface area contributed by atoms with Crippen LogP contribution in [0.4, 0.5) is 5.82 Å². The second kappa shape index (κ2) is 6.13. The molecule has 0 bridgehead atoms. The number of nitrogens with zero attached hydrogens (tertiary/aromatic N) is 1. The second-order valence-corrected chi connectivity index (χ2v) is 4.94. The van der Waals surface area contributed by atoms with E-state index in [9.17, 15) is 0 Å². The number of nitrogens with one attached hydrogen (secondary N) is 1. The predicted octanol–water partition coefficient (Wildman–Crippen LogP) is 4.57. The highest BCUT2D eigenvalue weighted by molar-refractivity contribution is 6.35. The third-order valence-corrected chi connectivity index (χ3v) is 3.29. The van der Waals surface area contributed by atoms with E-state index in [4.69, 9.17) is 27.9 Å². The summed E-state index contributed by atoms with van der Waals surface area (Å²) in [6.07, 6.45) is 0. The standard InChI is InChI=1S/C14H14Cl2N2O/c1-9(11-7-6-10(15)8-12(11)16)17-13-4-3-5-14(18-13)19-2/h3-9H,1-2H3,(H,17,18). The molecule has 0 saturated heterocycles. The molecule has 0 fully saturated rings. The Morgan fingerprint density at radius 2 is 2.00 bits per heavy atom. The number of aromatic nitrogens is 1. The number of hydrogen-bond acceptors (Lipinski definition) is 3. The van der Waals surface area contributed by atoms with E-state index >= 15 is 0 Å². The van der Waals surface area contributed by atoms with Crippen molar-refractivity contribution >= 4 is 29.0 Å². The molecule has 1 aromatic carbocycles. The number of hydrogen-bond donors (Lipinski definition) is 1. The molecule has 0 amide bonds. The SMILES string of the molecule is COc1cccc(NC(C)c2ccc(Cl)cc2Cl)n1. The van der Waals surface area contributed by atoms with E-state index in [1.807, 2.05) is 31.2 Å². The summed E-state index contributed by atoms with van der Waals surface area (Å²) in [4.78, 5) is 4.30. The zero-order valence-corrected chi connectivity index (χ0v) is 12.2. The summed E-state index contributed by atoms with van der Waals surface area (Å²) in [6, 6.07) is 11.0. The maximum Gasteiger partial charge on any atom is 0.214 e. The van der Waals surface area contributed by atoms with Gasteiger partial charge < -0.3 is 10.1 Å². The van der Waals surface area contributed by atoms with Crippen LogP contribution in [0.2, 0.25) is 10.0 Å². The first-order valence-corrected chi connectivity index (χ1v) is 6.58. The molecule has 0 aliphatic heterocycles. The first-order valence-electron chi connectivity index (χ1n) is 5.82. The highest BCUT2D eigenvalue weighted by Gasteiger charge is 2.10. The molecule has 1 atom stereocenters. The monoisotopic (exact) mass is 296 g/mol. The van der Waals surface area contributed by atoms with Crippen LogP contribution in [0.15, 0.2) is 36.4 Å². The van der Waals surface area contributed by atoms with Crippen molar-refractivity contribution in [3.05, 3.63) is 52.0 Å². The molecule has 19 heavy (non-hydrogen) atoms. The molecule has 1 aromatic heterocycles. The summed E-state index contributed by atoms with van der Waals surface area (Å²) in [7, 11) is 1.59. The number of benzene rings is 1. The van der Waals surface area contributed by atoms with Crippen LogP contribution in [-0.4, -0.2) is 12.1 Å². The Balaban J connectivity index is 2.17. The maximum atomic E-state index is 6.18. The van der Waals surface area contributed by atoms with E-state index < -0.39 is 0 Å². The van der Waals surface area contributed by atoms with Gasteiger partial charge in [-0.1, -0.05) is 35.3 Å². The minimum atomic E-state index is 0.0179. The molecule has 0 aliphatic carbocycles. The fourth-order valence-corrected chi connectivity index (χ4v) is 2.33. The van der Waals surface area contributed by atoms with Crippen LogP contribution in [0.5, 0.6) is 5.88 Å². The van der Waals surface area contributed by atoms with Crippen molar-refractivity contribution in [2.45, 2.75) is 13.0 Å². The normalized spacial score (nSPS) is 12.0. The van der Waals surface area contributed by atoms with Crippen molar-refractivity contribution in [1.29, 1.82) is 0 Å². The Bertz CT molecular complexity index is 575. The van der Waals surface area contributed by atoms with Crippen molar-refractivity contribution in [3.8, 4) is 5.88 Å². The molecule has 0 spiro atoms. The van der Waals surface area contributed by atoms with Gasteiger partial charge in [-0.25, -0.2) is 0 Å². The predicted molar refractivity (Wildman–Crippen MR) is 79.3 cm³/mol. The molecule has 2 aromatic rings. The van der Waals surface area contributed by atoms with Crippen molar-refractivity contribution in [3.63, 3.8) is 0 Å². The minimum Gasteiger partial charge on any atom is -0.481 e. The minimum absolute atomic E-state index is 0.0179. The van der Waals surface area contributed by atoms with E-state index in [2.05, 4.69) is 10.3 Å². The van der Waals surface area contributed by atoms with Gasteiger partial charge >= 0.3 is 0 Å². The molecule has 1 N–H and O–H groups in total. The third-order valence-electron chi connectivity index (χ3n) is 2.73. The van der Waals surface area contributed by atoms with Crippen LogP contribution in [0.1, 0.15) is 18.5 Å². The van der Waals surface area contributed by atoms with Gasteiger partial charge in [-0.15, -0.1) is 0 Å². The van der Waals surface area contributed by atoms with Crippen LogP contribution in [0.3, 0.4) is 0 Å². The Kier molecular flexibility index (Phi) is 4.51. The summed E-state index contributed by atoms with van der Waals surface area (Å²) in [6.45, 7) is 2.01. The molecule has 0 radical (unpaired) electrons. The Labute approximate surface area is 122 Å². The van der Waals surface area contributed by atoms with Gasteiger partial charge in [-0.2, -0.15) is 4.98 Å². The largest absolute Gasteiger partial charge is 0.481 e. The van der Waals surface area contributed by atoms with E-state index in [-0.39, 0.29) is 6.04 Å². The lowest BCUT2D eigenvalue weighted by atomic mass is 10.1. The summed E-state index contributed by atoms with van der Waals surface area (Å²) in [5, 5.41) is 4.53.